The molecule has 1 N–H and O–H groups in total. The molecule has 0 aliphatic carbocycles. The van der Waals surface area contributed by atoms with Crippen LogP contribution in [0.2, 0.25) is 0 Å². The van der Waals surface area contributed by atoms with Gasteiger partial charge in [-0.15, -0.1) is 0 Å². The molecule has 5 heteroatoms. The highest BCUT2D eigenvalue weighted by Crippen LogP contribution is 2.36. The van der Waals surface area contributed by atoms with Crippen LogP contribution < -0.4 is 0 Å². The lowest BCUT2D eigenvalue weighted by atomic mass is 9.82. The number of amides is 1. The zero-order valence-corrected chi connectivity index (χ0v) is 14.2. The Bertz CT molecular complexity index is 556. The quantitative estimate of drug-likeness (QED) is 0.847. The predicted molar refractivity (Wildman–Crippen MR) is 89.9 cm³/mol. The lowest BCUT2D eigenvalue weighted by molar-refractivity contribution is 0.0250. The molecule has 126 valence electrons. The van der Waals surface area contributed by atoms with Gasteiger partial charge in [0.25, 0.3) is 0 Å². The van der Waals surface area contributed by atoms with Crippen molar-refractivity contribution in [3.63, 3.8) is 0 Å². The molecule has 23 heavy (non-hydrogen) atoms. The molecule has 1 aliphatic heterocycles. The molecule has 1 saturated heterocycles. The first-order chi connectivity index (χ1) is 10.9. The van der Waals surface area contributed by atoms with E-state index in [1.165, 1.54) is 10.5 Å². The Morgan fingerprint density at radius 1 is 1.04 bits per heavy atom. The second kappa shape index (κ2) is 7.13. The van der Waals surface area contributed by atoms with Crippen LogP contribution in [0.1, 0.15) is 49.5 Å². The van der Waals surface area contributed by atoms with Crippen LogP contribution in [-0.4, -0.2) is 53.0 Å². The summed E-state index contributed by atoms with van der Waals surface area (Å²) in [6.45, 7) is 8.49. The van der Waals surface area contributed by atoms with E-state index >= 15 is 0 Å². The average molecular weight is 318 g/mol. The molecule has 1 aromatic carbocycles. The van der Waals surface area contributed by atoms with Crippen molar-refractivity contribution >= 4 is 11.9 Å². The van der Waals surface area contributed by atoms with Crippen molar-refractivity contribution in [1.82, 2.24) is 9.80 Å². The number of Topliss-reactive ketones (excluding diaryl/α,β-unsaturated/α-hetero) is 1. The zero-order valence-electron chi connectivity index (χ0n) is 14.2. The number of rotatable bonds is 5. The fourth-order valence-electron chi connectivity index (χ4n) is 3.63. The molecule has 0 atom stereocenters. The Balaban J connectivity index is 2.25. The highest BCUT2D eigenvalue weighted by atomic mass is 16.4. The third-order valence-electron chi connectivity index (χ3n) is 5.15. The van der Waals surface area contributed by atoms with E-state index in [0.717, 1.165) is 31.5 Å². The van der Waals surface area contributed by atoms with E-state index in [1.54, 1.807) is 6.92 Å². The maximum Gasteiger partial charge on any atom is 0.407 e. The van der Waals surface area contributed by atoms with Crippen molar-refractivity contribution in [1.29, 1.82) is 0 Å². The fourth-order valence-corrected chi connectivity index (χ4v) is 3.63. The number of nitrogens with zero attached hydrogens (tertiary/aromatic N) is 2. The molecule has 1 fully saturated rings. The Kier molecular flexibility index (Phi) is 5.42. The smallest absolute Gasteiger partial charge is 0.407 e. The highest BCUT2D eigenvalue weighted by molar-refractivity contribution is 5.94. The monoisotopic (exact) mass is 318 g/mol. The summed E-state index contributed by atoms with van der Waals surface area (Å²) in [7, 11) is 0. The molecule has 5 nitrogen and oxygen atoms in total. The average Bonchev–Trinajstić information content (AvgIpc) is 2.57. The first-order valence-corrected chi connectivity index (χ1v) is 8.29. The second-order valence-electron chi connectivity index (χ2n) is 6.13. The number of benzene rings is 1. The van der Waals surface area contributed by atoms with Gasteiger partial charge in [0.2, 0.25) is 0 Å². The Morgan fingerprint density at radius 3 is 1.96 bits per heavy atom. The Morgan fingerprint density at radius 2 is 1.57 bits per heavy atom. The third kappa shape index (κ3) is 3.39. The molecule has 0 radical (unpaired) electrons. The van der Waals surface area contributed by atoms with Crippen molar-refractivity contribution in [2.75, 3.05) is 26.2 Å². The van der Waals surface area contributed by atoms with E-state index in [1.807, 2.05) is 24.3 Å². The van der Waals surface area contributed by atoms with Crippen LogP contribution in [0, 0.1) is 0 Å². The second-order valence-corrected chi connectivity index (χ2v) is 6.13. The van der Waals surface area contributed by atoms with Crippen LogP contribution >= 0.6 is 0 Å². The van der Waals surface area contributed by atoms with Gasteiger partial charge in [-0.3, -0.25) is 9.69 Å². The fraction of sp³-hybridized carbons (Fsp3) is 0.556. The first-order valence-electron chi connectivity index (χ1n) is 8.29. The number of piperazine rings is 1. The maximum atomic E-state index is 11.5. The van der Waals surface area contributed by atoms with E-state index in [2.05, 4.69) is 18.7 Å². The van der Waals surface area contributed by atoms with Crippen LogP contribution in [0.4, 0.5) is 4.79 Å². The standard InChI is InChI=1S/C18H26N2O3/c1-4-18(5-2,16-8-6-15(7-9-16)14(3)21)20-12-10-19(11-13-20)17(22)23/h6-9H,4-5,10-13H2,1-3H3,(H,22,23). The molecule has 0 saturated carbocycles. The van der Waals surface area contributed by atoms with Crippen LogP contribution in [-0.2, 0) is 5.54 Å². The van der Waals surface area contributed by atoms with Gasteiger partial charge < -0.3 is 10.0 Å². The minimum Gasteiger partial charge on any atom is -0.465 e. The molecule has 2 rings (SSSR count). The van der Waals surface area contributed by atoms with Crippen LogP contribution in [0.3, 0.4) is 0 Å². The third-order valence-corrected chi connectivity index (χ3v) is 5.15. The topological polar surface area (TPSA) is 60.9 Å². The van der Waals surface area contributed by atoms with Gasteiger partial charge in [0, 0.05) is 37.3 Å². The number of ketones is 1. The largest absolute Gasteiger partial charge is 0.465 e. The van der Waals surface area contributed by atoms with Crippen molar-refractivity contribution in [2.24, 2.45) is 0 Å². The number of carbonyl (C=O) groups excluding carboxylic acids is 1. The van der Waals surface area contributed by atoms with Gasteiger partial charge in [-0.25, -0.2) is 4.79 Å². The van der Waals surface area contributed by atoms with Crippen LogP contribution in [0.25, 0.3) is 0 Å². The maximum absolute atomic E-state index is 11.5. The minimum absolute atomic E-state index is 0.0743. The molecular formula is C18H26N2O3. The molecule has 0 bridgehead atoms. The Labute approximate surface area is 137 Å². The van der Waals surface area contributed by atoms with Gasteiger partial charge in [0.15, 0.2) is 5.78 Å². The lowest BCUT2D eigenvalue weighted by Gasteiger charge is -2.47. The van der Waals surface area contributed by atoms with E-state index in [-0.39, 0.29) is 11.3 Å². The number of carbonyl (C=O) groups is 2. The number of carboxylic acid groups (broad SMARTS) is 1. The lowest BCUT2D eigenvalue weighted by Crippen LogP contribution is -2.56. The zero-order chi connectivity index (χ0) is 17.0. The molecule has 0 unspecified atom stereocenters. The van der Waals surface area contributed by atoms with Gasteiger partial charge in [-0.05, 0) is 25.3 Å². The van der Waals surface area contributed by atoms with E-state index < -0.39 is 6.09 Å². The predicted octanol–water partition coefficient (Wildman–Crippen LogP) is 3.20. The summed E-state index contributed by atoms with van der Waals surface area (Å²) in [4.78, 5) is 26.4. The van der Waals surface area contributed by atoms with Crippen molar-refractivity contribution in [2.45, 2.75) is 39.2 Å². The van der Waals surface area contributed by atoms with E-state index in [4.69, 9.17) is 5.11 Å². The molecule has 0 spiro atoms. The summed E-state index contributed by atoms with van der Waals surface area (Å²) in [6, 6.07) is 7.89. The van der Waals surface area contributed by atoms with Gasteiger partial charge in [0.1, 0.15) is 0 Å². The minimum atomic E-state index is -0.839. The summed E-state index contributed by atoms with van der Waals surface area (Å²) in [6.07, 6.45) is 1.07. The summed E-state index contributed by atoms with van der Waals surface area (Å²) >= 11 is 0. The van der Waals surface area contributed by atoms with Crippen LogP contribution in [0.15, 0.2) is 24.3 Å². The van der Waals surface area contributed by atoms with E-state index in [9.17, 15) is 9.59 Å². The molecule has 1 aromatic rings. The number of hydrogen-bond acceptors (Lipinski definition) is 3. The van der Waals surface area contributed by atoms with Gasteiger partial charge in [-0.2, -0.15) is 0 Å². The van der Waals surface area contributed by atoms with Crippen molar-refractivity contribution < 1.29 is 14.7 Å². The Hall–Kier alpha value is -1.88. The van der Waals surface area contributed by atoms with E-state index in [0.29, 0.717) is 13.1 Å². The van der Waals surface area contributed by atoms with Gasteiger partial charge in [0.05, 0.1) is 0 Å². The van der Waals surface area contributed by atoms with Gasteiger partial charge in [-0.1, -0.05) is 38.1 Å². The highest BCUT2D eigenvalue weighted by Gasteiger charge is 2.37. The number of hydrogen-bond donors (Lipinski definition) is 1. The van der Waals surface area contributed by atoms with Crippen molar-refractivity contribution in [3.05, 3.63) is 35.4 Å². The molecular weight excluding hydrogens is 292 g/mol. The normalized spacial score (nSPS) is 16.4. The summed E-state index contributed by atoms with van der Waals surface area (Å²) in [5.74, 6) is 0.0743. The molecule has 1 heterocycles. The van der Waals surface area contributed by atoms with Gasteiger partial charge >= 0.3 is 6.09 Å². The summed E-state index contributed by atoms with van der Waals surface area (Å²) < 4.78 is 0. The molecule has 1 amide bonds. The summed E-state index contributed by atoms with van der Waals surface area (Å²) in [5.41, 5.74) is 1.83. The summed E-state index contributed by atoms with van der Waals surface area (Å²) in [5, 5.41) is 9.12. The first kappa shape index (κ1) is 17.5. The SMILES string of the molecule is CCC(CC)(c1ccc(C(C)=O)cc1)N1CCN(C(=O)O)CC1. The molecule has 0 aromatic heterocycles. The van der Waals surface area contributed by atoms with Crippen LogP contribution in [0.5, 0.6) is 0 Å². The van der Waals surface area contributed by atoms with Crippen molar-refractivity contribution in [3.8, 4) is 0 Å². The molecule has 1 aliphatic rings.